The van der Waals surface area contributed by atoms with Crippen molar-refractivity contribution in [2.24, 2.45) is 52.1 Å². The maximum Gasteiger partial charge on any atom is 0.00672 e. The molecule has 0 aromatic rings. The van der Waals surface area contributed by atoms with Gasteiger partial charge in [0.25, 0.3) is 0 Å². The van der Waals surface area contributed by atoms with Crippen LogP contribution < -0.4 is 16.4 Å². The first-order valence-electron chi connectivity index (χ1n) is 14.5. The van der Waals surface area contributed by atoms with E-state index in [1.54, 1.807) is 0 Å². The molecule has 4 fully saturated rings. The number of hydrogen-bond donors (Lipinski definition) is 3. The fourth-order valence-corrected chi connectivity index (χ4v) is 9.13. The van der Waals surface area contributed by atoms with Crippen LogP contribution in [0.5, 0.6) is 0 Å². The van der Waals surface area contributed by atoms with Crippen LogP contribution in [0.4, 0.5) is 0 Å². The van der Waals surface area contributed by atoms with Crippen molar-refractivity contribution in [3.63, 3.8) is 0 Å². The molecular formula is C29H56ClN3. The standard InChI is InChI=1S/C29H55N3.ClH/c1-28(2)23-9-7-21(19-23)26(28)13-11-25(32-18-6-17-31-16-5-15-30)12-14-27-22-8-10-24(20-22)29(27,3)4;/h21-27,31-32H,5-20,30H2,1-4H3;1H. The van der Waals surface area contributed by atoms with Crippen molar-refractivity contribution in [1.29, 1.82) is 0 Å². The Balaban J connectivity index is 0.00000306. The van der Waals surface area contributed by atoms with Crippen molar-refractivity contribution in [3.05, 3.63) is 0 Å². The van der Waals surface area contributed by atoms with Gasteiger partial charge in [0.05, 0.1) is 0 Å². The zero-order valence-corrected chi connectivity index (χ0v) is 23.2. The number of nitrogens with one attached hydrogen (secondary N) is 2. The van der Waals surface area contributed by atoms with Crippen molar-refractivity contribution in [2.45, 2.75) is 111 Å². The van der Waals surface area contributed by atoms with E-state index in [-0.39, 0.29) is 12.4 Å². The quantitative estimate of drug-likeness (QED) is 0.251. The van der Waals surface area contributed by atoms with Crippen LogP contribution in [-0.4, -0.2) is 32.2 Å². The Morgan fingerprint density at radius 3 is 1.73 bits per heavy atom. The first-order chi connectivity index (χ1) is 15.3. The van der Waals surface area contributed by atoms with Crippen LogP contribution in [-0.2, 0) is 0 Å². The average molecular weight is 482 g/mol. The van der Waals surface area contributed by atoms with Gasteiger partial charge >= 0.3 is 0 Å². The maximum atomic E-state index is 5.61. The molecule has 0 saturated heterocycles. The lowest BCUT2D eigenvalue weighted by molar-refractivity contribution is 0.0996. The third-order valence-electron chi connectivity index (χ3n) is 11.3. The molecule has 4 bridgehead atoms. The zero-order valence-electron chi connectivity index (χ0n) is 22.3. The second kappa shape index (κ2) is 11.9. The lowest BCUT2D eigenvalue weighted by atomic mass is 9.66. The topological polar surface area (TPSA) is 50.1 Å². The SMILES string of the molecule is CC1(C)C2CCC(C2)C1CCC(CCC1C2CCC(C2)C1(C)C)NCCCNCCCN.Cl. The van der Waals surface area contributed by atoms with E-state index in [4.69, 9.17) is 5.73 Å². The normalized spacial score (nSPS) is 36.3. The zero-order chi connectivity index (χ0) is 22.8. The molecule has 4 aliphatic carbocycles. The second-order valence-corrected chi connectivity index (χ2v) is 13.4. The van der Waals surface area contributed by atoms with E-state index in [0.29, 0.717) is 10.8 Å². The molecule has 4 saturated carbocycles. The summed E-state index contributed by atoms with van der Waals surface area (Å²) < 4.78 is 0. The fourth-order valence-electron chi connectivity index (χ4n) is 9.13. The third kappa shape index (κ3) is 6.12. The Bertz CT molecular complexity index is 549. The van der Waals surface area contributed by atoms with Gasteiger partial charge in [-0.25, -0.2) is 0 Å². The minimum Gasteiger partial charge on any atom is -0.330 e. The minimum absolute atomic E-state index is 0. The van der Waals surface area contributed by atoms with Crippen LogP contribution in [0, 0.1) is 46.3 Å². The summed E-state index contributed by atoms with van der Waals surface area (Å²) in [4.78, 5) is 0. The molecule has 0 aromatic carbocycles. The highest BCUT2D eigenvalue weighted by molar-refractivity contribution is 5.85. The van der Waals surface area contributed by atoms with Gasteiger partial charge in [-0.3, -0.25) is 0 Å². The molecule has 194 valence electrons. The largest absolute Gasteiger partial charge is 0.330 e. The summed E-state index contributed by atoms with van der Waals surface area (Å²) >= 11 is 0. The van der Waals surface area contributed by atoms with E-state index in [2.05, 4.69) is 38.3 Å². The van der Waals surface area contributed by atoms with Gasteiger partial charge < -0.3 is 16.4 Å². The van der Waals surface area contributed by atoms with Crippen LogP contribution in [0.1, 0.15) is 105 Å². The van der Waals surface area contributed by atoms with Crippen molar-refractivity contribution < 1.29 is 0 Å². The Morgan fingerprint density at radius 2 is 1.27 bits per heavy atom. The molecule has 0 heterocycles. The fraction of sp³-hybridized carbons (Fsp3) is 1.00. The minimum atomic E-state index is 0. The summed E-state index contributed by atoms with van der Waals surface area (Å²) in [6.45, 7) is 14.5. The molecule has 6 atom stereocenters. The summed E-state index contributed by atoms with van der Waals surface area (Å²) in [5, 5.41) is 7.59. The van der Waals surface area contributed by atoms with Gasteiger partial charge in [-0.15, -0.1) is 12.4 Å². The molecule has 4 rings (SSSR count). The number of halogens is 1. The maximum absolute atomic E-state index is 5.61. The smallest absolute Gasteiger partial charge is 0.00672 e. The van der Waals surface area contributed by atoms with Crippen molar-refractivity contribution >= 4 is 12.4 Å². The predicted molar refractivity (Wildman–Crippen MR) is 145 cm³/mol. The van der Waals surface area contributed by atoms with Gasteiger partial charge in [-0.05, 0) is 150 Å². The predicted octanol–water partition coefficient (Wildman–Crippen LogP) is 6.40. The number of nitrogens with two attached hydrogens (primary N) is 1. The van der Waals surface area contributed by atoms with Crippen LogP contribution in [0.2, 0.25) is 0 Å². The van der Waals surface area contributed by atoms with Gasteiger partial charge in [0.15, 0.2) is 0 Å². The molecule has 3 nitrogen and oxygen atoms in total. The van der Waals surface area contributed by atoms with Crippen LogP contribution in [0.25, 0.3) is 0 Å². The molecule has 6 unspecified atom stereocenters. The molecule has 4 heteroatoms. The molecular weight excluding hydrogens is 426 g/mol. The Morgan fingerprint density at radius 1 is 0.758 bits per heavy atom. The van der Waals surface area contributed by atoms with E-state index >= 15 is 0 Å². The van der Waals surface area contributed by atoms with Crippen LogP contribution in [0.15, 0.2) is 0 Å². The summed E-state index contributed by atoms with van der Waals surface area (Å²) in [5.74, 6) is 6.04. The summed E-state index contributed by atoms with van der Waals surface area (Å²) in [6, 6.07) is 0.726. The van der Waals surface area contributed by atoms with Crippen molar-refractivity contribution in [1.82, 2.24) is 10.6 Å². The molecule has 33 heavy (non-hydrogen) atoms. The molecule has 0 spiro atoms. The van der Waals surface area contributed by atoms with Crippen molar-refractivity contribution in [3.8, 4) is 0 Å². The van der Waals surface area contributed by atoms with Gasteiger partial charge in [0, 0.05) is 6.04 Å². The third-order valence-corrected chi connectivity index (χ3v) is 11.3. The first-order valence-corrected chi connectivity index (χ1v) is 14.5. The highest BCUT2D eigenvalue weighted by Gasteiger charge is 2.53. The molecule has 0 aliphatic heterocycles. The summed E-state index contributed by atoms with van der Waals surface area (Å²) in [6.07, 6.45) is 17.2. The Kier molecular flexibility index (Phi) is 10.0. The lowest BCUT2D eigenvalue weighted by Crippen LogP contribution is -2.37. The monoisotopic (exact) mass is 481 g/mol. The number of rotatable bonds is 14. The van der Waals surface area contributed by atoms with Crippen molar-refractivity contribution in [2.75, 3.05) is 26.2 Å². The second-order valence-electron chi connectivity index (χ2n) is 13.4. The number of hydrogen-bond acceptors (Lipinski definition) is 3. The van der Waals surface area contributed by atoms with E-state index in [1.807, 2.05) is 0 Å². The van der Waals surface area contributed by atoms with E-state index in [0.717, 1.165) is 67.6 Å². The van der Waals surface area contributed by atoms with Crippen LogP contribution >= 0.6 is 12.4 Å². The lowest BCUT2D eigenvalue weighted by Gasteiger charge is -2.40. The van der Waals surface area contributed by atoms with Gasteiger partial charge in [0.2, 0.25) is 0 Å². The summed E-state index contributed by atoms with van der Waals surface area (Å²) in [7, 11) is 0. The van der Waals surface area contributed by atoms with E-state index in [9.17, 15) is 0 Å². The Hall–Kier alpha value is 0.170. The molecule has 4 N–H and O–H groups in total. The first kappa shape index (κ1) is 27.8. The molecule has 0 radical (unpaired) electrons. The number of fused-ring (bicyclic) bond motifs is 4. The average Bonchev–Trinajstić information content (AvgIpc) is 3.50. The summed E-state index contributed by atoms with van der Waals surface area (Å²) in [5.41, 5.74) is 6.79. The molecule has 4 aliphatic rings. The Labute approximate surface area is 212 Å². The van der Waals surface area contributed by atoms with Gasteiger partial charge in [0.1, 0.15) is 0 Å². The van der Waals surface area contributed by atoms with E-state index < -0.39 is 0 Å². The highest BCUT2D eigenvalue weighted by atomic mass is 35.5. The molecule has 0 aromatic heterocycles. The molecule has 0 amide bonds. The van der Waals surface area contributed by atoms with Gasteiger partial charge in [-0.1, -0.05) is 27.7 Å². The van der Waals surface area contributed by atoms with E-state index in [1.165, 1.54) is 77.2 Å². The highest BCUT2D eigenvalue weighted by Crippen LogP contribution is 2.62. The van der Waals surface area contributed by atoms with Gasteiger partial charge in [-0.2, -0.15) is 0 Å². The van der Waals surface area contributed by atoms with Crippen LogP contribution in [0.3, 0.4) is 0 Å².